The number of nitrogens with one attached hydrogen (secondary N) is 1. The number of pyridine rings is 1. The molecule has 2 aliphatic rings. The van der Waals surface area contributed by atoms with Gasteiger partial charge in [-0.05, 0) is 80.0 Å². The van der Waals surface area contributed by atoms with Gasteiger partial charge in [-0.3, -0.25) is 9.69 Å². The fourth-order valence-electron chi connectivity index (χ4n) is 4.79. The number of anilines is 2. The molecular weight excluding hydrogens is 485 g/mol. The number of aromatic nitrogens is 1. The van der Waals surface area contributed by atoms with Crippen LogP contribution >= 0.6 is 0 Å². The van der Waals surface area contributed by atoms with Crippen LogP contribution in [-0.4, -0.2) is 66.1 Å². The molecule has 9 heteroatoms. The lowest BCUT2D eigenvalue weighted by atomic mass is 10.1. The van der Waals surface area contributed by atoms with E-state index in [0.29, 0.717) is 49.0 Å². The zero-order valence-corrected chi connectivity index (χ0v) is 21.3. The maximum atomic E-state index is 13.1. The van der Waals surface area contributed by atoms with Crippen molar-refractivity contribution in [1.82, 2.24) is 14.8 Å². The molecule has 0 radical (unpaired) electrons. The molecule has 0 aliphatic carbocycles. The van der Waals surface area contributed by atoms with Crippen molar-refractivity contribution in [2.75, 3.05) is 49.5 Å². The molecular formula is C29H32FN5O3. The molecule has 2 aromatic carbocycles. The van der Waals surface area contributed by atoms with E-state index >= 15 is 0 Å². The lowest BCUT2D eigenvalue weighted by Crippen LogP contribution is -2.49. The predicted octanol–water partition coefficient (Wildman–Crippen LogP) is 4.78. The molecule has 2 aliphatic heterocycles. The van der Waals surface area contributed by atoms with Crippen molar-refractivity contribution in [2.45, 2.75) is 25.8 Å². The van der Waals surface area contributed by atoms with E-state index in [0.717, 1.165) is 19.6 Å². The number of hydrogen-bond acceptors (Lipinski definition) is 6. The number of rotatable bonds is 6. The number of nitrogens with zero attached hydrogens (tertiary/aromatic N) is 4. The summed E-state index contributed by atoms with van der Waals surface area (Å²) in [6.45, 7) is 5.31. The molecule has 5 rings (SSSR count). The van der Waals surface area contributed by atoms with Crippen molar-refractivity contribution >= 4 is 23.5 Å². The summed E-state index contributed by atoms with van der Waals surface area (Å²) in [5.74, 6) is 0.523. The molecule has 0 atom stereocenters. The Morgan fingerprint density at radius 3 is 2.21 bits per heavy atom. The Labute approximate surface area is 222 Å². The lowest BCUT2D eigenvalue weighted by molar-refractivity contribution is 0.102. The highest BCUT2D eigenvalue weighted by Crippen LogP contribution is 2.20. The maximum absolute atomic E-state index is 13.1. The maximum Gasteiger partial charge on any atom is 0.415 e. The molecule has 198 valence electrons. The van der Waals surface area contributed by atoms with Gasteiger partial charge in [0.25, 0.3) is 5.91 Å². The molecule has 0 spiro atoms. The van der Waals surface area contributed by atoms with Gasteiger partial charge in [0, 0.05) is 44.0 Å². The monoisotopic (exact) mass is 517 g/mol. The van der Waals surface area contributed by atoms with Crippen LogP contribution in [0.25, 0.3) is 0 Å². The summed E-state index contributed by atoms with van der Waals surface area (Å²) in [5.41, 5.74) is 2.42. The highest BCUT2D eigenvalue weighted by molar-refractivity contribution is 6.04. The summed E-state index contributed by atoms with van der Waals surface area (Å²) in [5, 5.41) is 2.89. The topological polar surface area (TPSA) is 78.0 Å². The van der Waals surface area contributed by atoms with Gasteiger partial charge >= 0.3 is 6.09 Å². The Morgan fingerprint density at radius 1 is 0.842 bits per heavy atom. The first-order valence-corrected chi connectivity index (χ1v) is 13.1. The van der Waals surface area contributed by atoms with E-state index in [-0.39, 0.29) is 11.7 Å². The van der Waals surface area contributed by atoms with Crippen LogP contribution in [0.1, 0.15) is 35.2 Å². The Hall–Kier alpha value is -3.98. The van der Waals surface area contributed by atoms with E-state index in [4.69, 9.17) is 4.74 Å². The number of amides is 2. The Bertz CT molecular complexity index is 1220. The van der Waals surface area contributed by atoms with Gasteiger partial charge < -0.3 is 19.9 Å². The number of likely N-dealkylation sites (tertiary alicyclic amines) is 1. The molecule has 3 heterocycles. The number of halogens is 1. The quantitative estimate of drug-likeness (QED) is 0.507. The van der Waals surface area contributed by atoms with Gasteiger partial charge in [-0.1, -0.05) is 18.6 Å². The standard InChI is InChI=1S/C29H32FN5O3/c30-24-8-13-27(31-20-24)34-16-18-35(19-17-34)29(37)38-26-11-9-25(10-12-26)32-28(36)23-6-4-22(5-7-23)21-33-14-2-1-3-15-33/h4-13,20H,1-3,14-19,21H2,(H,32,36). The zero-order valence-electron chi connectivity index (χ0n) is 21.3. The van der Waals surface area contributed by atoms with Gasteiger partial charge in [-0.2, -0.15) is 0 Å². The molecule has 2 amide bonds. The fraction of sp³-hybridized carbons (Fsp3) is 0.345. The largest absolute Gasteiger partial charge is 0.415 e. The number of ether oxygens (including phenoxy) is 1. The normalized spacial score (nSPS) is 16.2. The molecule has 38 heavy (non-hydrogen) atoms. The molecule has 0 bridgehead atoms. The smallest absolute Gasteiger partial charge is 0.410 e. The molecule has 0 unspecified atom stereocenters. The van der Waals surface area contributed by atoms with Gasteiger partial charge in [0.2, 0.25) is 0 Å². The van der Waals surface area contributed by atoms with Crippen LogP contribution in [0.4, 0.5) is 20.7 Å². The average molecular weight is 518 g/mol. The van der Waals surface area contributed by atoms with Crippen molar-refractivity contribution in [3.63, 3.8) is 0 Å². The number of piperazine rings is 1. The minimum Gasteiger partial charge on any atom is -0.410 e. The number of benzene rings is 2. The molecule has 2 saturated heterocycles. The first-order chi connectivity index (χ1) is 18.5. The van der Waals surface area contributed by atoms with Gasteiger partial charge in [0.05, 0.1) is 6.20 Å². The number of carbonyl (C=O) groups excluding carboxylic acids is 2. The Kier molecular flexibility index (Phi) is 8.13. The average Bonchev–Trinajstić information content (AvgIpc) is 2.95. The van der Waals surface area contributed by atoms with Crippen LogP contribution < -0.4 is 15.0 Å². The van der Waals surface area contributed by atoms with E-state index in [1.54, 1.807) is 35.2 Å². The third kappa shape index (κ3) is 6.66. The third-order valence-corrected chi connectivity index (χ3v) is 6.96. The highest BCUT2D eigenvalue weighted by atomic mass is 19.1. The van der Waals surface area contributed by atoms with Crippen LogP contribution in [0.2, 0.25) is 0 Å². The van der Waals surface area contributed by atoms with Crippen LogP contribution in [0.15, 0.2) is 66.9 Å². The summed E-state index contributed by atoms with van der Waals surface area (Å²) in [6, 6.07) is 17.5. The van der Waals surface area contributed by atoms with Crippen LogP contribution in [0.3, 0.4) is 0 Å². The zero-order chi connectivity index (χ0) is 26.3. The highest BCUT2D eigenvalue weighted by Gasteiger charge is 2.23. The van der Waals surface area contributed by atoms with E-state index in [9.17, 15) is 14.0 Å². The van der Waals surface area contributed by atoms with Crippen molar-refractivity contribution in [2.24, 2.45) is 0 Å². The van der Waals surface area contributed by atoms with Gasteiger partial charge in [0.15, 0.2) is 0 Å². The van der Waals surface area contributed by atoms with Crippen molar-refractivity contribution in [1.29, 1.82) is 0 Å². The summed E-state index contributed by atoms with van der Waals surface area (Å²) in [7, 11) is 0. The second-order valence-corrected chi connectivity index (χ2v) is 9.69. The van der Waals surface area contributed by atoms with E-state index in [2.05, 4.69) is 15.2 Å². The minimum atomic E-state index is -0.432. The SMILES string of the molecule is O=C(Nc1ccc(OC(=O)N2CCN(c3ccc(F)cn3)CC2)cc1)c1ccc(CN2CCCCC2)cc1. The molecule has 1 N–H and O–H groups in total. The number of hydrogen-bond donors (Lipinski definition) is 1. The Balaban J connectivity index is 1.08. The van der Waals surface area contributed by atoms with E-state index < -0.39 is 6.09 Å². The first kappa shape index (κ1) is 25.7. The van der Waals surface area contributed by atoms with Crippen molar-refractivity contribution in [3.05, 3.63) is 83.8 Å². The lowest BCUT2D eigenvalue weighted by Gasteiger charge is -2.34. The Morgan fingerprint density at radius 2 is 1.55 bits per heavy atom. The summed E-state index contributed by atoms with van der Waals surface area (Å²) < 4.78 is 18.6. The third-order valence-electron chi connectivity index (χ3n) is 6.96. The summed E-state index contributed by atoms with van der Waals surface area (Å²) in [4.78, 5) is 35.5. The van der Waals surface area contributed by atoms with Gasteiger partial charge in [-0.15, -0.1) is 0 Å². The predicted molar refractivity (Wildman–Crippen MR) is 144 cm³/mol. The fourth-order valence-corrected chi connectivity index (χ4v) is 4.79. The first-order valence-electron chi connectivity index (χ1n) is 13.1. The van der Waals surface area contributed by atoms with Crippen LogP contribution in [0, 0.1) is 5.82 Å². The van der Waals surface area contributed by atoms with Crippen LogP contribution in [-0.2, 0) is 6.54 Å². The summed E-state index contributed by atoms with van der Waals surface area (Å²) in [6.07, 6.45) is 4.58. The summed E-state index contributed by atoms with van der Waals surface area (Å²) >= 11 is 0. The molecule has 8 nitrogen and oxygen atoms in total. The molecule has 0 saturated carbocycles. The van der Waals surface area contributed by atoms with Gasteiger partial charge in [-0.25, -0.2) is 14.2 Å². The molecule has 1 aromatic heterocycles. The second-order valence-electron chi connectivity index (χ2n) is 9.69. The van der Waals surface area contributed by atoms with Crippen molar-refractivity contribution in [3.8, 4) is 5.75 Å². The van der Waals surface area contributed by atoms with E-state index in [1.807, 2.05) is 29.2 Å². The second kappa shape index (κ2) is 12.0. The number of carbonyl (C=O) groups is 2. The van der Waals surface area contributed by atoms with Crippen LogP contribution in [0.5, 0.6) is 5.75 Å². The molecule has 2 fully saturated rings. The minimum absolute atomic E-state index is 0.187. The molecule has 3 aromatic rings. The van der Waals surface area contributed by atoms with E-state index in [1.165, 1.54) is 37.1 Å². The van der Waals surface area contributed by atoms with Crippen molar-refractivity contribution < 1.29 is 18.7 Å². The number of piperidine rings is 1. The van der Waals surface area contributed by atoms with Gasteiger partial charge in [0.1, 0.15) is 17.4 Å².